The molecule has 1 unspecified atom stereocenters. The summed E-state index contributed by atoms with van der Waals surface area (Å²) in [7, 11) is 0. The molecule has 0 bridgehead atoms. The van der Waals surface area contributed by atoms with E-state index in [1.807, 2.05) is 0 Å². The Morgan fingerprint density at radius 1 is 1.21 bits per heavy atom. The Labute approximate surface area is 162 Å². The summed E-state index contributed by atoms with van der Waals surface area (Å²) in [6.07, 6.45) is -1.63. The molecular formula is C20H15F4N3O2. The maximum atomic E-state index is 14.7. The van der Waals surface area contributed by atoms with Crippen LogP contribution in [0.4, 0.5) is 23.2 Å². The topological polar surface area (TPSA) is 58.2 Å². The fourth-order valence-corrected chi connectivity index (χ4v) is 3.29. The molecule has 1 atom stereocenters. The van der Waals surface area contributed by atoms with Gasteiger partial charge in [0.1, 0.15) is 17.4 Å². The van der Waals surface area contributed by atoms with Crippen molar-refractivity contribution in [2.45, 2.75) is 18.9 Å². The van der Waals surface area contributed by atoms with Crippen molar-refractivity contribution < 1.29 is 27.1 Å². The van der Waals surface area contributed by atoms with Crippen LogP contribution in [0.2, 0.25) is 0 Å². The first kappa shape index (κ1) is 19.0. The Balaban J connectivity index is 1.65. The molecule has 0 spiro atoms. The van der Waals surface area contributed by atoms with Gasteiger partial charge < -0.3 is 9.72 Å². The predicted octanol–water partition coefficient (Wildman–Crippen LogP) is 4.52. The minimum Gasteiger partial charge on any atom is -0.493 e. The number of β-lactam (4-membered cyclic amide) rings is 1. The van der Waals surface area contributed by atoms with Gasteiger partial charge in [0.15, 0.2) is 0 Å². The van der Waals surface area contributed by atoms with Crippen molar-refractivity contribution >= 4 is 22.6 Å². The summed E-state index contributed by atoms with van der Waals surface area (Å²) in [5.41, 5.74) is 1.45. The first-order valence-corrected chi connectivity index (χ1v) is 8.72. The fraction of sp³-hybridized carbons (Fsp3) is 0.200. The molecule has 2 heterocycles. The molecule has 4 rings (SSSR count). The van der Waals surface area contributed by atoms with E-state index in [1.165, 1.54) is 11.2 Å². The van der Waals surface area contributed by atoms with E-state index in [0.29, 0.717) is 16.7 Å². The highest BCUT2D eigenvalue weighted by Crippen LogP contribution is 2.45. The Kier molecular flexibility index (Phi) is 4.73. The largest absolute Gasteiger partial charge is 0.493 e. The van der Waals surface area contributed by atoms with Gasteiger partial charge in [0.05, 0.1) is 35.6 Å². The minimum atomic E-state index is -2.57. The van der Waals surface area contributed by atoms with Crippen LogP contribution in [-0.2, 0) is 4.79 Å². The summed E-state index contributed by atoms with van der Waals surface area (Å²) in [6, 6.07) is 5.75. The van der Waals surface area contributed by atoms with E-state index in [0.717, 1.165) is 12.1 Å². The monoisotopic (exact) mass is 405 g/mol. The molecule has 1 aliphatic heterocycles. The van der Waals surface area contributed by atoms with Crippen LogP contribution in [0.25, 0.3) is 11.0 Å². The number of carbonyl (C=O) groups is 1. The maximum absolute atomic E-state index is 14.7. The van der Waals surface area contributed by atoms with E-state index in [1.54, 1.807) is 18.2 Å². The van der Waals surface area contributed by atoms with E-state index in [2.05, 4.69) is 16.5 Å². The molecular weight excluding hydrogens is 390 g/mol. The Hall–Kier alpha value is -3.36. The van der Waals surface area contributed by atoms with Gasteiger partial charge in [-0.15, -0.1) is 0 Å². The molecule has 1 fully saturated rings. The summed E-state index contributed by atoms with van der Waals surface area (Å²) in [5, 5.41) is 0. The number of carbonyl (C=O) groups excluding carboxylic acids is 1. The highest BCUT2D eigenvalue weighted by atomic mass is 19.3. The number of fused-ring (bicyclic) bond motifs is 1. The summed E-state index contributed by atoms with van der Waals surface area (Å²) >= 11 is 0. The molecule has 5 nitrogen and oxygen atoms in total. The lowest BCUT2D eigenvalue weighted by Gasteiger charge is -2.42. The number of rotatable bonds is 6. The van der Waals surface area contributed by atoms with E-state index in [-0.39, 0.29) is 23.5 Å². The lowest BCUT2D eigenvalue weighted by atomic mass is 9.87. The number of nitrogens with one attached hydrogen (secondary N) is 1. The average Bonchev–Trinajstić information content (AvgIpc) is 3.14. The van der Waals surface area contributed by atoms with Gasteiger partial charge in [0.25, 0.3) is 5.91 Å². The van der Waals surface area contributed by atoms with Crippen LogP contribution < -0.4 is 9.64 Å². The van der Waals surface area contributed by atoms with Crippen LogP contribution in [0.15, 0.2) is 48.8 Å². The van der Waals surface area contributed by atoms with Crippen molar-refractivity contribution in [1.82, 2.24) is 9.97 Å². The van der Waals surface area contributed by atoms with E-state index in [4.69, 9.17) is 4.74 Å². The zero-order chi connectivity index (χ0) is 20.7. The van der Waals surface area contributed by atoms with E-state index in [9.17, 15) is 22.4 Å². The summed E-state index contributed by atoms with van der Waals surface area (Å²) < 4.78 is 58.8. The molecule has 0 aliphatic carbocycles. The standard InChI is InChI=1S/C20H15F4N3O2/c1-10-19(18-13(21)7-12(8-14(18)22)29-5-4-17(23)24)27(20(10)28)11-2-3-15-16(6-11)26-9-25-15/h2-3,6-9,17,19H,1,4-5H2,(H,25,26). The highest BCUT2D eigenvalue weighted by molar-refractivity contribution is 6.15. The second-order valence-electron chi connectivity index (χ2n) is 6.54. The minimum absolute atomic E-state index is 0.0406. The van der Waals surface area contributed by atoms with Crippen molar-refractivity contribution in [3.63, 3.8) is 0 Å². The van der Waals surface area contributed by atoms with Gasteiger partial charge in [-0.05, 0) is 18.2 Å². The zero-order valence-corrected chi connectivity index (χ0v) is 15.0. The number of imidazole rings is 1. The molecule has 2 aromatic carbocycles. The van der Waals surface area contributed by atoms with Crippen molar-refractivity contribution in [2.75, 3.05) is 11.5 Å². The first-order valence-electron chi connectivity index (χ1n) is 8.72. The number of halogens is 4. The second-order valence-corrected chi connectivity index (χ2v) is 6.54. The number of hydrogen-bond donors (Lipinski definition) is 1. The maximum Gasteiger partial charge on any atom is 0.256 e. The van der Waals surface area contributed by atoms with Gasteiger partial charge in [0, 0.05) is 29.8 Å². The molecule has 1 aromatic heterocycles. The van der Waals surface area contributed by atoms with Crippen LogP contribution >= 0.6 is 0 Å². The Morgan fingerprint density at radius 2 is 1.93 bits per heavy atom. The van der Waals surface area contributed by atoms with Gasteiger partial charge in [-0.1, -0.05) is 6.58 Å². The summed E-state index contributed by atoms with van der Waals surface area (Å²) in [6.45, 7) is 3.27. The number of anilines is 1. The van der Waals surface area contributed by atoms with Crippen LogP contribution in [-0.4, -0.2) is 28.9 Å². The number of hydrogen-bond acceptors (Lipinski definition) is 3. The lowest BCUT2D eigenvalue weighted by Crippen LogP contribution is -2.49. The van der Waals surface area contributed by atoms with Crippen molar-refractivity contribution in [2.24, 2.45) is 0 Å². The number of nitrogens with zero attached hydrogens (tertiary/aromatic N) is 2. The van der Waals surface area contributed by atoms with Crippen molar-refractivity contribution in [3.05, 3.63) is 66.0 Å². The lowest BCUT2D eigenvalue weighted by molar-refractivity contribution is -0.119. The van der Waals surface area contributed by atoms with Gasteiger partial charge in [-0.3, -0.25) is 9.69 Å². The van der Waals surface area contributed by atoms with Gasteiger partial charge in [-0.25, -0.2) is 22.5 Å². The highest BCUT2D eigenvalue weighted by Gasteiger charge is 2.45. The van der Waals surface area contributed by atoms with Crippen molar-refractivity contribution in [3.8, 4) is 5.75 Å². The van der Waals surface area contributed by atoms with Crippen LogP contribution in [0, 0.1) is 11.6 Å². The number of H-pyrrole nitrogens is 1. The van der Waals surface area contributed by atoms with Gasteiger partial charge in [0.2, 0.25) is 6.43 Å². The van der Waals surface area contributed by atoms with E-state index < -0.39 is 36.4 Å². The number of ether oxygens (including phenoxy) is 1. The van der Waals surface area contributed by atoms with Crippen molar-refractivity contribution in [1.29, 1.82) is 0 Å². The fourth-order valence-electron chi connectivity index (χ4n) is 3.29. The third-order valence-corrected chi connectivity index (χ3v) is 4.69. The molecule has 9 heteroatoms. The molecule has 1 amide bonds. The predicted molar refractivity (Wildman–Crippen MR) is 97.9 cm³/mol. The summed E-state index contributed by atoms with van der Waals surface area (Å²) in [5.74, 6) is -2.57. The van der Waals surface area contributed by atoms with Crippen LogP contribution in [0.3, 0.4) is 0 Å². The van der Waals surface area contributed by atoms with Gasteiger partial charge in [-0.2, -0.15) is 0 Å². The molecule has 3 aromatic rings. The molecule has 1 aliphatic rings. The molecule has 1 N–H and O–H groups in total. The average molecular weight is 405 g/mol. The normalized spacial score (nSPS) is 16.6. The summed E-state index contributed by atoms with van der Waals surface area (Å²) in [4.78, 5) is 20.6. The Bertz CT molecular complexity index is 1090. The van der Waals surface area contributed by atoms with Gasteiger partial charge >= 0.3 is 0 Å². The smallest absolute Gasteiger partial charge is 0.256 e. The second kappa shape index (κ2) is 7.23. The van der Waals surface area contributed by atoms with Crippen LogP contribution in [0.1, 0.15) is 18.0 Å². The SMILES string of the molecule is C=C1C(=O)N(c2ccc3nc[nH]c3c2)C1c1c(F)cc(OCCC(F)F)cc1F. The zero-order valence-electron chi connectivity index (χ0n) is 15.0. The molecule has 150 valence electrons. The quantitative estimate of drug-likeness (QED) is 0.373. The number of benzene rings is 2. The molecule has 0 saturated carbocycles. The molecule has 1 saturated heterocycles. The third kappa shape index (κ3) is 3.32. The Morgan fingerprint density at radius 3 is 2.62 bits per heavy atom. The van der Waals surface area contributed by atoms with Crippen LogP contribution in [0.5, 0.6) is 5.75 Å². The molecule has 0 radical (unpaired) electrons. The number of amides is 1. The number of aromatic amines is 1. The third-order valence-electron chi connectivity index (χ3n) is 4.69. The first-order chi connectivity index (χ1) is 13.9. The van der Waals surface area contributed by atoms with E-state index >= 15 is 0 Å². The number of aromatic nitrogens is 2. The number of alkyl halides is 2. The molecule has 29 heavy (non-hydrogen) atoms.